The summed E-state index contributed by atoms with van der Waals surface area (Å²) in [7, 11) is 0. The van der Waals surface area contributed by atoms with Crippen molar-refractivity contribution in [2.75, 3.05) is 11.9 Å². The standard InChI is InChI=1S/C14H9BrClN3O3S/c15-11-6-5-10(23-11)13-18-19-14(22-13)17-12(20)7-21-9-3-1-8(16)2-4-9/h1-6H,7H2,(H,17,19,20). The maximum atomic E-state index is 11.8. The molecular formula is C14H9BrClN3O3S. The Morgan fingerprint density at radius 3 is 2.74 bits per heavy atom. The maximum Gasteiger partial charge on any atom is 0.322 e. The lowest BCUT2D eigenvalue weighted by Crippen LogP contribution is -2.20. The van der Waals surface area contributed by atoms with Crippen LogP contribution in [0.3, 0.4) is 0 Å². The van der Waals surface area contributed by atoms with E-state index >= 15 is 0 Å². The van der Waals surface area contributed by atoms with Gasteiger partial charge in [0.2, 0.25) is 0 Å². The number of aromatic nitrogens is 2. The predicted molar refractivity (Wildman–Crippen MR) is 90.9 cm³/mol. The zero-order valence-electron chi connectivity index (χ0n) is 11.5. The van der Waals surface area contributed by atoms with E-state index in [1.165, 1.54) is 11.3 Å². The van der Waals surface area contributed by atoms with Crippen molar-refractivity contribution < 1.29 is 13.9 Å². The smallest absolute Gasteiger partial charge is 0.322 e. The lowest BCUT2D eigenvalue weighted by atomic mass is 10.3. The summed E-state index contributed by atoms with van der Waals surface area (Å²) in [5.41, 5.74) is 0. The number of rotatable bonds is 5. The zero-order chi connectivity index (χ0) is 16.2. The van der Waals surface area contributed by atoms with E-state index in [1.807, 2.05) is 12.1 Å². The minimum Gasteiger partial charge on any atom is -0.484 e. The number of hydrogen-bond acceptors (Lipinski definition) is 6. The van der Waals surface area contributed by atoms with Crippen LogP contribution >= 0.6 is 38.9 Å². The topological polar surface area (TPSA) is 77.2 Å². The van der Waals surface area contributed by atoms with Crippen LogP contribution in [0.2, 0.25) is 5.02 Å². The first-order valence-corrected chi connectivity index (χ1v) is 8.36. The van der Waals surface area contributed by atoms with Gasteiger partial charge in [0.1, 0.15) is 5.75 Å². The number of carbonyl (C=O) groups is 1. The molecule has 0 unspecified atom stereocenters. The van der Waals surface area contributed by atoms with Crippen molar-refractivity contribution in [1.82, 2.24) is 10.2 Å². The molecule has 3 aromatic rings. The second-order valence-electron chi connectivity index (χ2n) is 4.31. The van der Waals surface area contributed by atoms with Gasteiger partial charge >= 0.3 is 6.01 Å². The molecule has 1 N–H and O–H groups in total. The van der Waals surface area contributed by atoms with E-state index in [-0.39, 0.29) is 12.6 Å². The molecule has 2 heterocycles. The van der Waals surface area contributed by atoms with E-state index in [9.17, 15) is 4.79 Å². The van der Waals surface area contributed by atoms with Gasteiger partial charge in [-0.15, -0.1) is 16.4 Å². The second-order valence-corrected chi connectivity index (χ2v) is 7.21. The molecule has 118 valence electrons. The highest BCUT2D eigenvalue weighted by Gasteiger charge is 2.13. The third kappa shape index (κ3) is 4.31. The van der Waals surface area contributed by atoms with Crippen LogP contribution in [0.5, 0.6) is 5.75 Å². The number of ether oxygens (including phenoxy) is 1. The van der Waals surface area contributed by atoms with Crippen LogP contribution in [0.25, 0.3) is 10.8 Å². The predicted octanol–water partition coefficient (Wildman–Crippen LogP) is 4.23. The quantitative estimate of drug-likeness (QED) is 0.676. The molecule has 6 nitrogen and oxygen atoms in total. The highest BCUT2D eigenvalue weighted by molar-refractivity contribution is 9.11. The second kappa shape index (κ2) is 7.12. The Kier molecular flexibility index (Phi) is 4.94. The summed E-state index contributed by atoms with van der Waals surface area (Å²) in [4.78, 5) is 12.6. The number of halogens is 2. The molecule has 0 aliphatic heterocycles. The lowest BCUT2D eigenvalue weighted by Gasteiger charge is -2.04. The Hall–Kier alpha value is -1.90. The van der Waals surface area contributed by atoms with Crippen molar-refractivity contribution in [2.45, 2.75) is 0 Å². The Balaban J connectivity index is 1.56. The maximum absolute atomic E-state index is 11.8. The van der Waals surface area contributed by atoms with Crippen LogP contribution in [0.15, 0.2) is 44.6 Å². The van der Waals surface area contributed by atoms with Gasteiger partial charge in [0.15, 0.2) is 6.61 Å². The summed E-state index contributed by atoms with van der Waals surface area (Å²) >= 11 is 10.6. The van der Waals surface area contributed by atoms with Crippen molar-refractivity contribution in [1.29, 1.82) is 0 Å². The van der Waals surface area contributed by atoms with E-state index in [0.717, 1.165) is 8.66 Å². The number of thiophene rings is 1. The number of benzene rings is 1. The number of carbonyl (C=O) groups excluding carboxylic acids is 1. The van der Waals surface area contributed by atoms with Crippen LogP contribution in [-0.4, -0.2) is 22.7 Å². The minimum absolute atomic E-state index is 0.0224. The fourth-order valence-corrected chi connectivity index (χ4v) is 3.07. The molecule has 0 aliphatic carbocycles. The van der Waals surface area contributed by atoms with Gasteiger partial charge in [-0.1, -0.05) is 16.7 Å². The van der Waals surface area contributed by atoms with Crippen molar-refractivity contribution in [2.24, 2.45) is 0 Å². The fourth-order valence-electron chi connectivity index (χ4n) is 1.64. The van der Waals surface area contributed by atoms with Crippen LogP contribution in [0.1, 0.15) is 0 Å². The molecule has 0 saturated heterocycles. The van der Waals surface area contributed by atoms with E-state index < -0.39 is 5.91 Å². The van der Waals surface area contributed by atoms with Gasteiger partial charge in [-0.25, -0.2) is 0 Å². The van der Waals surface area contributed by atoms with Crippen molar-refractivity contribution in [3.8, 4) is 16.5 Å². The number of hydrogen-bond donors (Lipinski definition) is 1. The van der Waals surface area contributed by atoms with Crippen LogP contribution in [0, 0.1) is 0 Å². The Morgan fingerprint density at radius 2 is 2.04 bits per heavy atom. The summed E-state index contributed by atoms with van der Waals surface area (Å²) in [5, 5.41) is 10.7. The molecule has 2 aromatic heterocycles. The van der Waals surface area contributed by atoms with Gasteiger partial charge < -0.3 is 9.15 Å². The minimum atomic E-state index is -0.400. The number of nitrogens with zero attached hydrogens (tertiary/aromatic N) is 2. The molecule has 0 aliphatic rings. The van der Waals surface area contributed by atoms with E-state index in [2.05, 4.69) is 31.4 Å². The van der Waals surface area contributed by atoms with Crippen LogP contribution in [-0.2, 0) is 4.79 Å². The lowest BCUT2D eigenvalue weighted by molar-refractivity contribution is -0.118. The molecule has 0 saturated carbocycles. The summed E-state index contributed by atoms with van der Waals surface area (Å²) < 4.78 is 11.7. The molecule has 3 rings (SSSR count). The first-order chi connectivity index (χ1) is 11.1. The highest BCUT2D eigenvalue weighted by Crippen LogP contribution is 2.30. The summed E-state index contributed by atoms with van der Waals surface area (Å²) in [6.07, 6.45) is 0. The van der Waals surface area contributed by atoms with Gasteiger partial charge in [-0.3, -0.25) is 10.1 Å². The van der Waals surface area contributed by atoms with Crippen LogP contribution < -0.4 is 10.1 Å². The third-order valence-electron chi connectivity index (χ3n) is 2.64. The van der Waals surface area contributed by atoms with Crippen molar-refractivity contribution in [3.63, 3.8) is 0 Å². The van der Waals surface area contributed by atoms with Gasteiger partial charge in [0.25, 0.3) is 11.8 Å². The van der Waals surface area contributed by atoms with Crippen LogP contribution in [0.4, 0.5) is 6.01 Å². The summed E-state index contributed by atoms with van der Waals surface area (Å²) in [6, 6.07) is 10.5. The zero-order valence-corrected chi connectivity index (χ0v) is 14.6. The average Bonchev–Trinajstić information content (AvgIpc) is 3.16. The van der Waals surface area contributed by atoms with Gasteiger partial charge in [-0.2, -0.15) is 0 Å². The number of amides is 1. The van der Waals surface area contributed by atoms with E-state index in [0.29, 0.717) is 16.7 Å². The summed E-state index contributed by atoms with van der Waals surface area (Å²) in [6.45, 7) is -0.177. The molecule has 23 heavy (non-hydrogen) atoms. The van der Waals surface area contributed by atoms with Crippen molar-refractivity contribution >= 4 is 50.8 Å². The molecule has 1 aromatic carbocycles. The molecule has 0 fully saturated rings. The summed E-state index contributed by atoms with van der Waals surface area (Å²) in [5.74, 6) is 0.483. The number of anilines is 1. The number of nitrogens with one attached hydrogen (secondary N) is 1. The first kappa shape index (κ1) is 16.0. The Bertz CT molecular complexity index is 819. The Labute approximate surface area is 148 Å². The molecule has 0 radical (unpaired) electrons. The van der Waals surface area contributed by atoms with E-state index in [1.54, 1.807) is 24.3 Å². The van der Waals surface area contributed by atoms with Gasteiger partial charge in [-0.05, 0) is 52.3 Å². The Morgan fingerprint density at radius 1 is 1.26 bits per heavy atom. The molecule has 0 spiro atoms. The normalized spacial score (nSPS) is 10.5. The molecule has 9 heteroatoms. The first-order valence-electron chi connectivity index (χ1n) is 6.37. The molecule has 0 atom stereocenters. The highest BCUT2D eigenvalue weighted by atomic mass is 79.9. The monoisotopic (exact) mass is 413 g/mol. The molecule has 1 amide bonds. The third-order valence-corrected chi connectivity index (χ3v) is 4.50. The van der Waals surface area contributed by atoms with Gasteiger partial charge in [0.05, 0.1) is 8.66 Å². The van der Waals surface area contributed by atoms with Gasteiger partial charge in [0, 0.05) is 5.02 Å². The molecule has 0 bridgehead atoms. The fraction of sp³-hybridized carbons (Fsp3) is 0.0714. The van der Waals surface area contributed by atoms with Crippen molar-refractivity contribution in [3.05, 3.63) is 45.2 Å². The SMILES string of the molecule is O=C(COc1ccc(Cl)cc1)Nc1nnc(-c2ccc(Br)s2)o1. The largest absolute Gasteiger partial charge is 0.484 e. The van der Waals surface area contributed by atoms with E-state index in [4.69, 9.17) is 20.8 Å². The average molecular weight is 415 g/mol. The molecular weight excluding hydrogens is 406 g/mol.